The number of nitrogens with zero attached hydrogens (tertiary/aromatic N) is 2. The number of ether oxygens (including phenoxy) is 2. The van der Waals surface area contributed by atoms with Crippen LogP contribution in [-0.4, -0.2) is 36.8 Å². The normalized spacial score (nSPS) is 13.4. The number of nitro benzene ring substituents is 1. The second-order valence-electron chi connectivity index (χ2n) is 6.42. The molecular weight excluding hydrogens is 409 g/mol. The van der Waals surface area contributed by atoms with E-state index in [0.29, 0.717) is 24.1 Å². The van der Waals surface area contributed by atoms with Gasteiger partial charge < -0.3 is 14.4 Å². The molecule has 2 aromatic carbocycles. The molecule has 1 aliphatic heterocycles. The highest BCUT2D eigenvalue weighted by atomic mass is 19.4. The van der Waals surface area contributed by atoms with Crippen molar-refractivity contribution >= 4 is 23.3 Å². The van der Waals surface area contributed by atoms with Crippen molar-refractivity contribution in [3.8, 4) is 5.75 Å². The molecule has 2 aromatic rings. The number of methoxy groups -OCH3 is 1. The van der Waals surface area contributed by atoms with Gasteiger partial charge in [-0.2, -0.15) is 0 Å². The van der Waals surface area contributed by atoms with Crippen molar-refractivity contribution in [1.82, 2.24) is 0 Å². The number of non-ortho nitro benzene ring substituents is 1. The van der Waals surface area contributed by atoms with E-state index in [9.17, 15) is 32.9 Å². The lowest BCUT2D eigenvalue weighted by Gasteiger charge is -2.30. The molecule has 0 N–H and O–H groups in total. The largest absolute Gasteiger partial charge is 0.573 e. The Kier molecular flexibility index (Phi) is 5.63. The average molecular weight is 424 g/mol. The quantitative estimate of drug-likeness (QED) is 0.420. The molecule has 0 bridgehead atoms. The van der Waals surface area contributed by atoms with Crippen molar-refractivity contribution in [3.63, 3.8) is 0 Å². The predicted molar refractivity (Wildman–Crippen MR) is 97.6 cm³/mol. The minimum absolute atomic E-state index is 0.118. The second kappa shape index (κ2) is 8.01. The molecule has 0 saturated heterocycles. The minimum atomic E-state index is -4.84. The second-order valence-corrected chi connectivity index (χ2v) is 6.42. The zero-order chi connectivity index (χ0) is 22.1. The zero-order valence-electron chi connectivity index (χ0n) is 15.6. The number of carbonyl (C=O) groups is 2. The highest BCUT2D eigenvalue weighted by molar-refractivity contribution is 6.08. The Bertz CT molecular complexity index is 1020. The predicted octanol–water partition coefficient (Wildman–Crippen LogP) is 3.87. The van der Waals surface area contributed by atoms with Crippen LogP contribution in [0.1, 0.15) is 32.7 Å². The van der Waals surface area contributed by atoms with Crippen LogP contribution in [0.3, 0.4) is 0 Å². The summed E-state index contributed by atoms with van der Waals surface area (Å²) in [5.74, 6) is -1.88. The van der Waals surface area contributed by atoms with E-state index in [-0.39, 0.29) is 17.7 Å². The van der Waals surface area contributed by atoms with Crippen molar-refractivity contribution in [2.24, 2.45) is 0 Å². The Morgan fingerprint density at radius 3 is 2.47 bits per heavy atom. The van der Waals surface area contributed by atoms with Crippen LogP contribution in [0.2, 0.25) is 0 Å². The SMILES string of the molecule is COC(=O)c1cc(C(=O)N2CCCc3cc(OC(F)(F)F)ccc32)cc([N+](=O)[O-])c1. The smallest absolute Gasteiger partial charge is 0.465 e. The number of hydrogen-bond acceptors (Lipinski definition) is 6. The molecule has 3 rings (SSSR count). The standard InChI is InChI=1S/C19H15F3N2O6/c1-29-18(26)13-7-12(8-14(9-13)24(27)28)17(25)23-6-2-3-11-10-15(4-5-16(11)23)30-19(20,21)22/h4-5,7-10H,2-3,6H2,1H3. The topological polar surface area (TPSA) is 99.0 Å². The van der Waals surface area contributed by atoms with Gasteiger partial charge in [-0.1, -0.05) is 0 Å². The van der Waals surface area contributed by atoms with Gasteiger partial charge in [0.25, 0.3) is 11.6 Å². The van der Waals surface area contributed by atoms with E-state index in [1.807, 2.05) is 0 Å². The summed E-state index contributed by atoms with van der Waals surface area (Å²) < 4.78 is 45.8. The van der Waals surface area contributed by atoms with Gasteiger partial charge in [0.15, 0.2) is 0 Å². The van der Waals surface area contributed by atoms with Gasteiger partial charge in [-0.05, 0) is 42.7 Å². The number of benzene rings is 2. The van der Waals surface area contributed by atoms with Crippen LogP contribution in [-0.2, 0) is 11.2 Å². The number of esters is 1. The molecule has 0 fully saturated rings. The molecule has 0 atom stereocenters. The Hall–Kier alpha value is -3.63. The van der Waals surface area contributed by atoms with Crippen LogP contribution >= 0.6 is 0 Å². The average Bonchev–Trinajstić information content (AvgIpc) is 2.70. The number of aryl methyl sites for hydroxylation is 1. The van der Waals surface area contributed by atoms with E-state index in [4.69, 9.17) is 0 Å². The third-order valence-electron chi connectivity index (χ3n) is 4.44. The first-order valence-corrected chi connectivity index (χ1v) is 8.67. The molecule has 1 aliphatic rings. The zero-order valence-corrected chi connectivity index (χ0v) is 15.6. The number of nitro groups is 1. The third kappa shape index (κ3) is 4.50. The summed E-state index contributed by atoms with van der Waals surface area (Å²) in [5.41, 5.74) is 0.0866. The summed E-state index contributed by atoms with van der Waals surface area (Å²) in [5, 5.41) is 11.2. The van der Waals surface area contributed by atoms with E-state index in [2.05, 4.69) is 9.47 Å². The van der Waals surface area contributed by atoms with Crippen molar-refractivity contribution in [2.45, 2.75) is 19.2 Å². The maximum absolute atomic E-state index is 13.1. The van der Waals surface area contributed by atoms with Crippen molar-refractivity contribution in [1.29, 1.82) is 0 Å². The molecular formula is C19H15F3N2O6. The highest BCUT2D eigenvalue weighted by Gasteiger charge is 2.32. The number of amides is 1. The monoisotopic (exact) mass is 424 g/mol. The first kappa shape index (κ1) is 21.1. The molecule has 30 heavy (non-hydrogen) atoms. The molecule has 0 saturated carbocycles. The first-order valence-electron chi connectivity index (χ1n) is 8.67. The molecule has 1 amide bonds. The van der Waals surface area contributed by atoms with Crippen molar-refractivity contribution < 1.29 is 37.2 Å². The van der Waals surface area contributed by atoms with E-state index >= 15 is 0 Å². The number of hydrogen-bond donors (Lipinski definition) is 0. The van der Waals surface area contributed by atoms with E-state index in [1.165, 1.54) is 23.1 Å². The van der Waals surface area contributed by atoms with E-state index in [0.717, 1.165) is 25.3 Å². The van der Waals surface area contributed by atoms with Crippen LogP contribution in [0.25, 0.3) is 0 Å². The van der Waals surface area contributed by atoms with Crippen LogP contribution < -0.4 is 9.64 Å². The van der Waals surface area contributed by atoms with Crippen molar-refractivity contribution in [3.05, 3.63) is 63.2 Å². The first-order chi connectivity index (χ1) is 14.1. The molecule has 1 heterocycles. The molecule has 11 heteroatoms. The number of rotatable bonds is 4. The number of halogens is 3. The Labute approximate surface area is 167 Å². The summed E-state index contributed by atoms with van der Waals surface area (Å²) in [4.78, 5) is 36.6. The molecule has 0 radical (unpaired) electrons. The fraction of sp³-hybridized carbons (Fsp3) is 0.263. The molecule has 0 aliphatic carbocycles. The number of carbonyl (C=O) groups excluding carboxylic acids is 2. The summed E-state index contributed by atoms with van der Waals surface area (Å²) in [6.45, 7) is 0.252. The van der Waals surface area contributed by atoms with Crippen LogP contribution in [0.15, 0.2) is 36.4 Å². The van der Waals surface area contributed by atoms with Crippen molar-refractivity contribution in [2.75, 3.05) is 18.6 Å². The maximum Gasteiger partial charge on any atom is 0.573 e. The van der Waals surface area contributed by atoms with Gasteiger partial charge in [0.05, 0.1) is 17.6 Å². The fourth-order valence-corrected chi connectivity index (χ4v) is 3.21. The molecule has 0 spiro atoms. The van der Waals surface area contributed by atoms with Crippen LogP contribution in [0.4, 0.5) is 24.5 Å². The summed E-state index contributed by atoms with van der Waals surface area (Å²) in [6.07, 6.45) is -3.95. The van der Waals surface area contributed by atoms with Gasteiger partial charge in [-0.3, -0.25) is 14.9 Å². The molecule has 158 valence electrons. The molecule has 0 aromatic heterocycles. The Morgan fingerprint density at radius 2 is 1.83 bits per heavy atom. The van der Waals surface area contributed by atoms with Gasteiger partial charge in [-0.15, -0.1) is 13.2 Å². The van der Waals surface area contributed by atoms with Crippen LogP contribution in [0, 0.1) is 10.1 Å². The minimum Gasteiger partial charge on any atom is -0.465 e. The third-order valence-corrected chi connectivity index (χ3v) is 4.44. The van der Waals surface area contributed by atoms with E-state index < -0.39 is 34.6 Å². The molecule has 0 unspecified atom stereocenters. The van der Waals surface area contributed by atoms with Crippen LogP contribution in [0.5, 0.6) is 5.75 Å². The lowest BCUT2D eigenvalue weighted by atomic mass is 9.99. The van der Waals surface area contributed by atoms with Gasteiger partial charge in [0.1, 0.15) is 5.75 Å². The lowest BCUT2D eigenvalue weighted by Crippen LogP contribution is -2.35. The van der Waals surface area contributed by atoms with Gasteiger partial charge >= 0.3 is 12.3 Å². The summed E-state index contributed by atoms with van der Waals surface area (Å²) in [6, 6.07) is 6.82. The number of alkyl halides is 3. The van der Waals surface area contributed by atoms with Gasteiger partial charge in [-0.25, -0.2) is 4.79 Å². The number of anilines is 1. The van der Waals surface area contributed by atoms with Gasteiger partial charge in [0, 0.05) is 29.9 Å². The Morgan fingerprint density at radius 1 is 1.13 bits per heavy atom. The van der Waals surface area contributed by atoms with E-state index in [1.54, 1.807) is 0 Å². The number of fused-ring (bicyclic) bond motifs is 1. The fourth-order valence-electron chi connectivity index (χ4n) is 3.21. The Balaban J connectivity index is 1.98. The van der Waals surface area contributed by atoms with Gasteiger partial charge in [0.2, 0.25) is 0 Å². The lowest BCUT2D eigenvalue weighted by molar-refractivity contribution is -0.384. The summed E-state index contributed by atoms with van der Waals surface area (Å²) >= 11 is 0. The summed E-state index contributed by atoms with van der Waals surface area (Å²) in [7, 11) is 1.10. The molecule has 8 nitrogen and oxygen atoms in total. The maximum atomic E-state index is 13.1. The highest BCUT2D eigenvalue weighted by Crippen LogP contribution is 2.34.